The van der Waals surface area contributed by atoms with E-state index in [2.05, 4.69) is 12.6 Å². The molecule has 18 heavy (non-hydrogen) atoms. The van der Waals surface area contributed by atoms with Gasteiger partial charge in [0.2, 0.25) is 0 Å². The summed E-state index contributed by atoms with van der Waals surface area (Å²) in [5.41, 5.74) is 0.670. The fraction of sp³-hybridized carbons (Fsp3) is 0.538. The Bertz CT molecular complexity index is 328. The van der Waals surface area contributed by atoms with Gasteiger partial charge < -0.3 is 19.7 Å². The van der Waals surface area contributed by atoms with Crippen LogP contribution in [-0.4, -0.2) is 42.4 Å². The van der Waals surface area contributed by atoms with E-state index in [0.29, 0.717) is 36.7 Å². The van der Waals surface area contributed by atoms with E-state index in [-0.39, 0.29) is 0 Å². The molecule has 2 atom stereocenters. The molecule has 0 radical (unpaired) electrons. The maximum absolute atomic E-state index is 9.88. The molecule has 0 saturated heterocycles. The smallest absolute Gasteiger partial charge is 0.119 e. The number of ether oxygens (including phenoxy) is 2. The molecule has 1 rings (SSSR count). The van der Waals surface area contributed by atoms with Gasteiger partial charge in [0.1, 0.15) is 18.5 Å². The van der Waals surface area contributed by atoms with E-state index < -0.39 is 12.2 Å². The van der Waals surface area contributed by atoms with E-state index in [1.165, 1.54) is 0 Å². The Morgan fingerprint density at radius 3 is 2.39 bits per heavy atom. The van der Waals surface area contributed by atoms with Crippen LogP contribution in [0.4, 0.5) is 0 Å². The Kier molecular flexibility index (Phi) is 7.12. The second kappa shape index (κ2) is 8.37. The summed E-state index contributed by atoms with van der Waals surface area (Å²) in [6, 6.07) is 7.02. The molecular formula is C13H20O4S. The van der Waals surface area contributed by atoms with E-state index in [9.17, 15) is 10.2 Å². The molecule has 0 aliphatic heterocycles. The Morgan fingerprint density at radius 1 is 1.17 bits per heavy atom. The highest BCUT2D eigenvalue weighted by molar-refractivity contribution is 7.80. The molecule has 0 spiro atoms. The highest BCUT2D eigenvalue weighted by Crippen LogP contribution is 2.22. The van der Waals surface area contributed by atoms with Crippen LogP contribution >= 0.6 is 12.6 Å². The lowest BCUT2D eigenvalue weighted by Crippen LogP contribution is -2.18. The standard InChI is InChI=1S/C13H20O4S/c1-16-7-8-17-11-4-2-10(3-5-11)13(15)12(14)6-9-18/h2-5,12-15,18H,6-9H2,1H3. The summed E-state index contributed by atoms with van der Waals surface area (Å²) < 4.78 is 10.3. The van der Waals surface area contributed by atoms with Crippen LogP contribution in [0.5, 0.6) is 5.75 Å². The molecule has 0 amide bonds. The number of aliphatic hydroxyl groups is 2. The number of aliphatic hydroxyl groups excluding tert-OH is 2. The zero-order valence-electron chi connectivity index (χ0n) is 10.5. The van der Waals surface area contributed by atoms with Crippen LogP contribution in [0.25, 0.3) is 0 Å². The zero-order valence-corrected chi connectivity index (χ0v) is 11.3. The predicted octanol–water partition coefficient (Wildman–Crippen LogP) is 1.43. The van der Waals surface area contributed by atoms with Crippen LogP contribution in [0.1, 0.15) is 18.1 Å². The normalized spacial score (nSPS) is 14.2. The van der Waals surface area contributed by atoms with Gasteiger partial charge in [-0.3, -0.25) is 0 Å². The van der Waals surface area contributed by atoms with Gasteiger partial charge in [-0.15, -0.1) is 0 Å². The van der Waals surface area contributed by atoms with Gasteiger partial charge in [-0.1, -0.05) is 12.1 Å². The van der Waals surface area contributed by atoms with Gasteiger partial charge in [0, 0.05) is 7.11 Å². The minimum atomic E-state index is -0.884. The monoisotopic (exact) mass is 272 g/mol. The summed E-state index contributed by atoms with van der Waals surface area (Å²) in [4.78, 5) is 0. The summed E-state index contributed by atoms with van der Waals surface area (Å²) in [6.45, 7) is 1.02. The fourth-order valence-corrected chi connectivity index (χ4v) is 1.78. The third-order valence-electron chi connectivity index (χ3n) is 2.57. The Balaban J connectivity index is 2.53. The van der Waals surface area contributed by atoms with Crippen molar-refractivity contribution in [2.45, 2.75) is 18.6 Å². The van der Waals surface area contributed by atoms with Crippen LogP contribution < -0.4 is 4.74 Å². The van der Waals surface area contributed by atoms with E-state index in [0.717, 1.165) is 0 Å². The third kappa shape index (κ3) is 4.86. The van der Waals surface area contributed by atoms with Gasteiger partial charge in [0.25, 0.3) is 0 Å². The second-order valence-corrected chi connectivity index (χ2v) is 4.38. The third-order valence-corrected chi connectivity index (χ3v) is 2.83. The summed E-state index contributed by atoms with van der Waals surface area (Å²) in [5.74, 6) is 1.25. The van der Waals surface area contributed by atoms with Crippen LogP contribution in [0, 0.1) is 0 Å². The molecule has 0 aromatic heterocycles. The number of hydrogen-bond acceptors (Lipinski definition) is 5. The van der Waals surface area contributed by atoms with E-state index >= 15 is 0 Å². The minimum absolute atomic E-state index is 0.455. The minimum Gasteiger partial charge on any atom is -0.491 e. The number of hydrogen-bond donors (Lipinski definition) is 3. The average molecular weight is 272 g/mol. The lowest BCUT2D eigenvalue weighted by atomic mass is 10.0. The molecule has 0 bridgehead atoms. The van der Waals surface area contributed by atoms with Crippen LogP contribution in [0.15, 0.2) is 24.3 Å². The first-order valence-corrected chi connectivity index (χ1v) is 6.51. The first-order chi connectivity index (χ1) is 8.69. The zero-order chi connectivity index (χ0) is 13.4. The molecule has 0 heterocycles. The molecular weight excluding hydrogens is 252 g/mol. The summed E-state index contributed by atoms with van der Waals surface area (Å²) in [7, 11) is 1.62. The molecule has 102 valence electrons. The highest BCUT2D eigenvalue weighted by Gasteiger charge is 2.17. The van der Waals surface area contributed by atoms with Crippen molar-refractivity contribution in [1.82, 2.24) is 0 Å². The molecule has 0 aliphatic carbocycles. The Morgan fingerprint density at radius 2 is 1.83 bits per heavy atom. The van der Waals surface area contributed by atoms with E-state index in [4.69, 9.17) is 9.47 Å². The van der Waals surface area contributed by atoms with Gasteiger partial charge in [-0.2, -0.15) is 12.6 Å². The van der Waals surface area contributed by atoms with Crippen LogP contribution in [-0.2, 0) is 4.74 Å². The molecule has 0 saturated carbocycles. The number of thiol groups is 1. The predicted molar refractivity (Wildman–Crippen MR) is 73.2 cm³/mol. The molecule has 1 aromatic rings. The SMILES string of the molecule is COCCOc1ccc(C(O)C(O)CCS)cc1. The van der Waals surface area contributed by atoms with Crippen molar-refractivity contribution in [2.24, 2.45) is 0 Å². The summed E-state index contributed by atoms with van der Waals surface area (Å²) >= 11 is 4.03. The molecule has 4 nitrogen and oxygen atoms in total. The summed E-state index contributed by atoms with van der Waals surface area (Å²) in [6.07, 6.45) is -1.22. The Hall–Kier alpha value is -0.750. The maximum atomic E-state index is 9.88. The van der Waals surface area contributed by atoms with Crippen LogP contribution in [0.3, 0.4) is 0 Å². The average Bonchev–Trinajstić information content (AvgIpc) is 2.39. The maximum Gasteiger partial charge on any atom is 0.119 e. The number of benzene rings is 1. The van der Waals surface area contributed by atoms with Gasteiger partial charge in [0.15, 0.2) is 0 Å². The molecule has 2 unspecified atom stereocenters. The molecule has 5 heteroatoms. The van der Waals surface area contributed by atoms with Gasteiger partial charge in [-0.25, -0.2) is 0 Å². The summed E-state index contributed by atoms with van der Waals surface area (Å²) in [5, 5.41) is 19.5. The Labute approximate surface area is 113 Å². The van der Waals surface area contributed by atoms with Crippen LogP contribution in [0.2, 0.25) is 0 Å². The lowest BCUT2D eigenvalue weighted by Gasteiger charge is -2.17. The van der Waals surface area contributed by atoms with Crippen molar-refractivity contribution in [3.8, 4) is 5.75 Å². The quantitative estimate of drug-likeness (QED) is 0.495. The fourth-order valence-electron chi connectivity index (χ4n) is 1.52. The van der Waals surface area contributed by atoms with Crippen molar-refractivity contribution >= 4 is 12.6 Å². The first kappa shape index (κ1) is 15.3. The van der Waals surface area contributed by atoms with Crippen molar-refractivity contribution in [1.29, 1.82) is 0 Å². The highest BCUT2D eigenvalue weighted by atomic mass is 32.1. The van der Waals surface area contributed by atoms with Crippen molar-refractivity contribution < 1.29 is 19.7 Å². The lowest BCUT2D eigenvalue weighted by molar-refractivity contribution is 0.0172. The van der Waals surface area contributed by atoms with Crippen molar-refractivity contribution in [3.63, 3.8) is 0 Å². The van der Waals surface area contributed by atoms with E-state index in [1.54, 1.807) is 31.4 Å². The van der Waals surface area contributed by atoms with Gasteiger partial charge >= 0.3 is 0 Å². The molecule has 2 N–H and O–H groups in total. The van der Waals surface area contributed by atoms with Crippen molar-refractivity contribution in [2.75, 3.05) is 26.1 Å². The number of rotatable bonds is 8. The van der Waals surface area contributed by atoms with E-state index in [1.807, 2.05) is 0 Å². The van der Waals surface area contributed by atoms with Gasteiger partial charge in [-0.05, 0) is 29.9 Å². The topological polar surface area (TPSA) is 58.9 Å². The second-order valence-electron chi connectivity index (χ2n) is 3.93. The molecule has 0 fully saturated rings. The molecule has 1 aromatic carbocycles. The van der Waals surface area contributed by atoms with Gasteiger partial charge in [0.05, 0.1) is 12.7 Å². The number of methoxy groups -OCH3 is 1. The first-order valence-electron chi connectivity index (χ1n) is 5.87. The molecule has 0 aliphatic rings. The van der Waals surface area contributed by atoms with Crippen molar-refractivity contribution in [3.05, 3.63) is 29.8 Å². The largest absolute Gasteiger partial charge is 0.491 e.